The minimum atomic E-state index is 0.0833. The van der Waals surface area contributed by atoms with E-state index in [-0.39, 0.29) is 11.9 Å². The highest BCUT2D eigenvalue weighted by Crippen LogP contribution is 2.34. The number of pyridine rings is 1. The van der Waals surface area contributed by atoms with Crippen molar-refractivity contribution in [1.82, 2.24) is 9.88 Å². The number of hydrogen-bond acceptors (Lipinski definition) is 3. The molecule has 4 nitrogen and oxygen atoms in total. The lowest BCUT2D eigenvalue weighted by Gasteiger charge is -2.43. The fourth-order valence-electron chi connectivity index (χ4n) is 3.55. The summed E-state index contributed by atoms with van der Waals surface area (Å²) in [5, 5.41) is 1.49. The van der Waals surface area contributed by atoms with Gasteiger partial charge in [-0.25, -0.2) is 0 Å². The van der Waals surface area contributed by atoms with E-state index in [0.29, 0.717) is 36.3 Å². The fraction of sp³-hybridized carbons (Fsp3) is 0.444. The molecule has 2 fully saturated rings. The zero-order valence-corrected chi connectivity index (χ0v) is 13.6. The number of amides is 1. The highest BCUT2D eigenvalue weighted by Gasteiger charge is 2.37. The summed E-state index contributed by atoms with van der Waals surface area (Å²) in [5.41, 5.74) is 1.47. The molecule has 120 valence electrons. The summed E-state index contributed by atoms with van der Waals surface area (Å²) in [5.74, 6) is 0.668. The lowest BCUT2D eigenvalue weighted by atomic mass is 9.79. The topological polar surface area (TPSA) is 42.4 Å². The first kappa shape index (κ1) is 14.9. The van der Waals surface area contributed by atoms with E-state index in [2.05, 4.69) is 4.98 Å². The van der Waals surface area contributed by atoms with Gasteiger partial charge in [-0.1, -0.05) is 24.1 Å². The number of rotatable bonds is 2. The fourth-order valence-corrected chi connectivity index (χ4v) is 3.72. The summed E-state index contributed by atoms with van der Waals surface area (Å²) < 4.78 is 5.63. The number of hydrogen-bond donors (Lipinski definition) is 0. The number of aromatic nitrogens is 1. The minimum Gasteiger partial charge on any atom is -0.377 e. The molecule has 4 rings (SSSR count). The Bertz CT molecular complexity index is 745. The van der Waals surface area contributed by atoms with Gasteiger partial charge in [0.15, 0.2) is 0 Å². The molecule has 1 atom stereocenters. The van der Waals surface area contributed by atoms with Gasteiger partial charge in [-0.15, -0.1) is 0 Å². The molecule has 2 heterocycles. The van der Waals surface area contributed by atoms with Gasteiger partial charge >= 0.3 is 0 Å². The van der Waals surface area contributed by atoms with E-state index in [1.165, 1.54) is 19.3 Å². The zero-order chi connectivity index (χ0) is 15.8. The molecular weight excluding hydrogens is 312 g/mol. The standard InChI is InChI=1S/C18H19ClN2O2/c19-13-4-5-14-15(6-7-20-16(14)10-13)18(22)21-8-9-23-11-17(21)12-2-1-3-12/h4-7,10,12,17H,1-3,8-9,11H2/t17-/m0/s1. The second kappa shape index (κ2) is 6.10. The number of halogens is 1. The third kappa shape index (κ3) is 2.70. The molecule has 1 saturated carbocycles. The van der Waals surface area contributed by atoms with Crippen LogP contribution < -0.4 is 0 Å². The van der Waals surface area contributed by atoms with Gasteiger partial charge in [-0.2, -0.15) is 0 Å². The van der Waals surface area contributed by atoms with Crippen molar-refractivity contribution in [2.24, 2.45) is 5.92 Å². The SMILES string of the molecule is O=C(c1ccnc2cc(Cl)ccc12)N1CCOC[C@H]1C1CCC1. The molecule has 0 unspecified atom stereocenters. The maximum Gasteiger partial charge on any atom is 0.255 e. The van der Waals surface area contributed by atoms with Crippen LogP contribution in [0.15, 0.2) is 30.5 Å². The molecule has 2 aliphatic rings. The van der Waals surface area contributed by atoms with Crippen LogP contribution in [-0.4, -0.2) is 41.6 Å². The Morgan fingerprint density at radius 2 is 2.17 bits per heavy atom. The molecule has 0 bridgehead atoms. The first-order valence-electron chi connectivity index (χ1n) is 8.17. The molecule has 1 aromatic carbocycles. The molecule has 2 aromatic rings. The monoisotopic (exact) mass is 330 g/mol. The van der Waals surface area contributed by atoms with Gasteiger partial charge in [0.25, 0.3) is 5.91 Å². The predicted molar refractivity (Wildman–Crippen MR) is 89.7 cm³/mol. The molecule has 0 N–H and O–H groups in total. The van der Waals surface area contributed by atoms with Crippen molar-refractivity contribution in [2.75, 3.05) is 19.8 Å². The number of morpholine rings is 1. The highest BCUT2D eigenvalue weighted by atomic mass is 35.5. The Hall–Kier alpha value is -1.65. The van der Waals surface area contributed by atoms with Crippen LogP contribution in [0, 0.1) is 5.92 Å². The summed E-state index contributed by atoms with van der Waals surface area (Å²) in [6, 6.07) is 7.52. The Kier molecular flexibility index (Phi) is 3.95. The average molecular weight is 331 g/mol. The van der Waals surface area contributed by atoms with E-state index in [1.54, 1.807) is 12.3 Å². The van der Waals surface area contributed by atoms with Crippen molar-refractivity contribution in [1.29, 1.82) is 0 Å². The van der Waals surface area contributed by atoms with Gasteiger partial charge in [0.05, 0.1) is 30.3 Å². The number of nitrogens with zero attached hydrogens (tertiary/aromatic N) is 2. The van der Waals surface area contributed by atoms with Crippen molar-refractivity contribution in [3.05, 3.63) is 41.0 Å². The van der Waals surface area contributed by atoms with Gasteiger partial charge in [-0.05, 0) is 37.0 Å². The van der Waals surface area contributed by atoms with Crippen molar-refractivity contribution < 1.29 is 9.53 Å². The number of carbonyl (C=O) groups is 1. The third-order valence-corrected chi connectivity index (χ3v) is 5.29. The summed E-state index contributed by atoms with van der Waals surface area (Å²) in [4.78, 5) is 19.5. The largest absolute Gasteiger partial charge is 0.377 e. The number of carbonyl (C=O) groups excluding carboxylic acids is 1. The first-order valence-corrected chi connectivity index (χ1v) is 8.55. The van der Waals surface area contributed by atoms with E-state index in [9.17, 15) is 4.79 Å². The Balaban J connectivity index is 1.70. The van der Waals surface area contributed by atoms with E-state index in [0.717, 1.165) is 10.9 Å². The first-order chi connectivity index (χ1) is 11.2. The van der Waals surface area contributed by atoms with Crippen molar-refractivity contribution in [2.45, 2.75) is 25.3 Å². The highest BCUT2D eigenvalue weighted by molar-refractivity contribution is 6.31. The lowest BCUT2D eigenvalue weighted by Crippen LogP contribution is -2.53. The van der Waals surface area contributed by atoms with Crippen LogP contribution in [-0.2, 0) is 4.74 Å². The van der Waals surface area contributed by atoms with Gasteiger partial charge in [0, 0.05) is 23.2 Å². The van der Waals surface area contributed by atoms with Crippen molar-refractivity contribution >= 4 is 28.4 Å². The molecular formula is C18H19ClN2O2. The molecule has 1 aromatic heterocycles. The Morgan fingerprint density at radius 3 is 2.96 bits per heavy atom. The van der Waals surface area contributed by atoms with Crippen molar-refractivity contribution in [3.63, 3.8) is 0 Å². The molecule has 5 heteroatoms. The van der Waals surface area contributed by atoms with Gasteiger partial charge in [-0.3, -0.25) is 9.78 Å². The number of benzene rings is 1. The van der Waals surface area contributed by atoms with Crippen LogP contribution in [0.5, 0.6) is 0 Å². The van der Waals surface area contributed by atoms with Crippen LogP contribution in [0.4, 0.5) is 0 Å². The Morgan fingerprint density at radius 1 is 1.30 bits per heavy atom. The molecule has 0 radical (unpaired) electrons. The summed E-state index contributed by atoms with van der Waals surface area (Å²) >= 11 is 6.04. The third-order valence-electron chi connectivity index (χ3n) is 5.06. The second-order valence-electron chi connectivity index (χ2n) is 6.35. The maximum atomic E-state index is 13.2. The van der Waals surface area contributed by atoms with Crippen LogP contribution >= 0.6 is 11.6 Å². The van der Waals surface area contributed by atoms with Gasteiger partial charge in [0.2, 0.25) is 0 Å². The Labute approximate surface area is 140 Å². The van der Waals surface area contributed by atoms with E-state index in [1.807, 2.05) is 23.1 Å². The summed E-state index contributed by atoms with van der Waals surface area (Å²) in [6.45, 7) is 1.94. The molecule has 1 aliphatic carbocycles. The minimum absolute atomic E-state index is 0.0833. The molecule has 1 saturated heterocycles. The molecule has 0 spiro atoms. The summed E-state index contributed by atoms with van der Waals surface area (Å²) in [7, 11) is 0. The van der Waals surface area contributed by atoms with Crippen LogP contribution in [0.1, 0.15) is 29.6 Å². The van der Waals surface area contributed by atoms with Gasteiger partial charge < -0.3 is 9.64 Å². The average Bonchev–Trinajstić information content (AvgIpc) is 2.52. The molecule has 1 amide bonds. The smallest absolute Gasteiger partial charge is 0.255 e. The van der Waals surface area contributed by atoms with E-state index in [4.69, 9.17) is 16.3 Å². The maximum absolute atomic E-state index is 13.2. The quantitative estimate of drug-likeness (QED) is 0.846. The molecule has 23 heavy (non-hydrogen) atoms. The molecule has 1 aliphatic heterocycles. The van der Waals surface area contributed by atoms with Gasteiger partial charge in [0.1, 0.15) is 0 Å². The van der Waals surface area contributed by atoms with E-state index >= 15 is 0 Å². The summed E-state index contributed by atoms with van der Waals surface area (Å²) in [6.07, 6.45) is 5.35. The van der Waals surface area contributed by atoms with Crippen molar-refractivity contribution in [3.8, 4) is 0 Å². The number of fused-ring (bicyclic) bond motifs is 1. The normalized spacial score (nSPS) is 22.1. The second-order valence-corrected chi connectivity index (χ2v) is 6.79. The van der Waals surface area contributed by atoms with Crippen LogP contribution in [0.25, 0.3) is 10.9 Å². The zero-order valence-electron chi connectivity index (χ0n) is 12.9. The number of ether oxygens (including phenoxy) is 1. The van der Waals surface area contributed by atoms with E-state index < -0.39 is 0 Å². The lowest BCUT2D eigenvalue weighted by molar-refractivity contribution is -0.0329. The predicted octanol–water partition coefficient (Wildman–Crippen LogP) is 3.53. The van der Waals surface area contributed by atoms with Crippen LogP contribution in [0.2, 0.25) is 5.02 Å². The van der Waals surface area contributed by atoms with Crippen LogP contribution in [0.3, 0.4) is 0 Å².